The maximum atomic E-state index is 5.57. The van der Waals surface area contributed by atoms with E-state index in [4.69, 9.17) is 4.74 Å². The summed E-state index contributed by atoms with van der Waals surface area (Å²) < 4.78 is 5.57. The Bertz CT molecular complexity index is 310. The van der Waals surface area contributed by atoms with E-state index >= 15 is 0 Å². The molecule has 0 saturated heterocycles. The molecular weight excluding hydrogens is 188 g/mol. The van der Waals surface area contributed by atoms with Crippen LogP contribution in [0.3, 0.4) is 0 Å². The van der Waals surface area contributed by atoms with E-state index in [2.05, 4.69) is 24.1 Å². The number of hydrogen-bond acceptors (Lipinski definition) is 3. The number of rotatable bonds is 5. The highest BCUT2D eigenvalue weighted by molar-refractivity contribution is 5.32. The van der Waals surface area contributed by atoms with Gasteiger partial charge in [0.1, 0.15) is 5.75 Å². The van der Waals surface area contributed by atoms with Gasteiger partial charge in [-0.2, -0.15) is 0 Å². The van der Waals surface area contributed by atoms with Crippen LogP contribution in [0.15, 0.2) is 12.3 Å². The Labute approximate surface area is 91.9 Å². The molecule has 0 aliphatic rings. The van der Waals surface area contributed by atoms with E-state index in [0.717, 1.165) is 23.6 Å². The highest BCUT2D eigenvalue weighted by Crippen LogP contribution is 2.18. The molecular formula is C12H20N2O. The average molecular weight is 208 g/mol. The van der Waals surface area contributed by atoms with Gasteiger partial charge in [-0.1, -0.05) is 13.8 Å². The first-order chi connectivity index (χ1) is 7.13. The Balaban J connectivity index is 2.76. The molecule has 1 N–H and O–H groups in total. The Morgan fingerprint density at radius 1 is 1.47 bits per heavy atom. The molecule has 1 aromatic heterocycles. The normalized spacial score (nSPS) is 10.7. The van der Waals surface area contributed by atoms with Crippen LogP contribution in [-0.2, 0) is 6.54 Å². The van der Waals surface area contributed by atoms with Crippen LogP contribution in [0.1, 0.15) is 32.0 Å². The van der Waals surface area contributed by atoms with E-state index in [1.165, 1.54) is 0 Å². The van der Waals surface area contributed by atoms with Gasteiger partial charge in [0.05, 0.1) is 6.61 Å². The minimum atomic E-state index is 0.473. The van der Waals surface area contributed by atoms with E-state index < -0.39 is 0 Å². The molecule has 3 nitrogen and oxygen atoms in total. The summed E-state index contributed by atoms with van der Waals surface area (Å²) in [5.41, 5.74) is 2.11. The van der Waals surface area contributed by atoms with Crippen molar-refractivity contribution in [1.82, 2.24) is 10.3 Å². The molecule has 0 saturated carbocycles. The third-order valence-corrected chi connectivity index (χ3v) is 2.08. The number of ether oxygens (including phenoxy) is 1. The molecule has 0 atom stereocenters. The van der Waals surface area contributed by atoms with E-state index in [9.17, 15) is 0 Å². The molecule has 0 unspecified atom stereocenters. The molecule has 0 amide bonds. The zero-order valence-corrected chi connectivity index (χ0v) is 10.0. The van der Waals surface area contributed by atoms with E-state index in [1.54, 1.807) is 0 Å². The van der Waals surface area contributed by atoms with Crippen LogP contribution in [-0.4, -0.2) is 17.6 Å². The van der Waals surface area contributed by atoms with Crippen molar-refractivity contribution in [3.63, 3.8) is 0 Å². The molecule has 1 rings (SSSR count). The van der Waals surface area contributed by atoms with Crippen LogP contribution < -0.4 is 10.1 Å². The summed E-state index contributed by atoms with van der Waals surface area (Å²) >= 11 is 0. The molecule has 84 valence electrons. The van der Waals surface area contributed by atoms with Gasteiger partial charge in [0, 0.05) is 36.1 Å². The van der Waals surface area contributed by atoms with Gasteiger partial charge in [-0.05, 0) is 13.8 Å². The summed E-state index contributed by atoms with van der Waals surface area (Å²) in [7, 11) is 0. The van der Waals surface area contributed by atoms with Crippen LogP contribution >= 0.6 is 0 Å². The Hall–Kier alpha value is -1.09. The lowest BCUT2D eigenvalue weighted by Crippen LogP contribution is -2.22. The van der Waals surface area contributed by atoms with Gasteiger partial charge in [0.2, 0.25) is 0 Å². The monoisotopic (exact) mass is 208 g/mol. The van der Waals surface area contributed by atoms with Gasteiger partial charge in [0.15, 0.2) is 0 Å². The summed E-state index contributed by atoms with van der Waals surface area (Å²) in [6.07, 6.45) is 1.88. The predicted molar refractivity (Wildman–Crippen MR) is 62.1 cm³/mol. The van der Waals surface area contributed by atoms with Crippen LogP contribution in [0, 0.1) is 6.92 Å². The fraction of sp³-hybridized carbons (Fsp3) is 0.583. The van der Waals surface area contributed by atoms with Gasteiger partial charge in [0.25, 0.3) is 0 Å². The minimum absolute atomic E-state index is 0.473. The molecule has 0 fully saturated rings. The number of pyridine rings is 1. The Kier molecular flexibility index (Phi) is 4.56. The summed E-state index contributed by atoms with van der Waals surface area (Å²) in [4.78, 5) is 4.28. The second-order valence-corrected chi connectivity index (χ2v) is 3.90. The molecule has 3 heteroatoms. The number of nitrogens with one attached hydrogen (secondary N) is 1. The number of aryl methyl sites for hydroxylation is 1. The van der Waals surface area contributed by atoms with Gasteiger partial charge >= 0.3 is 0 Å². The van der Waals surface area contributed by atoms with Crippen molar-refractivity contribution in [3.8, 4) is 5.75 Å². The third-order valence-electron chi connectivity index (χ3n) is 2.08. The molecule has 0 spiro atoms. The van der Waals surface area contributed by atoms with Crippen molar-refractivity contribution in [2.75, 3.05) is 6.61 Å². The Morgan fingerprint density at radius 3 is 2.80 bits per heavy atom. The molecule has 1 heterocycles. The van der Waals surface area contributed by atoms with Gasteiger partial charge < -0.3 is 10.1 Å². The zero-order chi connectivity index (χ0) is 11.3. The molecule has 1 aromatic rings. The highest BCUT2D eigenvalue weighted by Gasteiger charge is 2.04. The van der Waals surface area contributed by atoms with E-state index in [1.807, 2.05) is 26.1 Å². The molecule has 15 heavy (non-hydrogen) atoms. The van der Waals surface area contributed by atoms with Crippen LogP contribution in [0.2, 0.25) is 0 Å². The Morgan fingerprint density at radius 2 is 2.20 bits per heavy atom. The van der Waals surface area contributed by atoms with Gasteiger partial charge in [-0.3, -0.25) is 4.98 Å². The molecule has 0 aliphatic heterocycles. The molecule has 0 bridgehead atoms. The second-order valence-electron chi connectivity index (χ2n) is 3.90. The number of nitrogens with zero attached hydrogens (tertiary/aromatic N) is 1. The fourth-order valence-electron chi connectivity index (χ4n) is 1.30. The first-order valence-electron chi connectivity index (χ1n) is 5.45. The van der Waals surface area contributed by atoms with Crippen LogP contribution in [0.25, 0.3) is 0 Å². The van der Waals surface area contributed by atoms with Crippen molar-refractivity contribution in [1.29, 1.82) is 0 Å². The van der Waals surface area contributed by atoms with Crippen molar-refractivity contribution in [2.24, 2.45) is 0 Å². The van der Waals surface area contributed by atoms with Crippen molar-refractivity contribution < 1.29 is 4.74 Å². The van der Waals surface area contributed by atoms with Crippen LogP contribution in [0.5, 0.6) is 5.75 Å². The average Bonchev–Trinajstić information content (AvgIpc) is 2.17. The zero-order valence-electron chi connectivity index (χ0n) is 10.0. The van der Waals surface area contributed by atoms with E-state index in [0.29, 0.717) is 12.6 Å². The summed E-state index contributed by atoms with van der Waals surface area (Å²) in [5, 5.41) is 3.36. The first-order valence-corrected chi connectivity index (χ1v) is 5.45. The van der Waals surface area contributed by atoms with Gasteiger partial charge in [-0.15, -0.1) is 0 Å². The SMILES string of the molecule is CCOc1cc(C)ncc1CNC(C)C. The molecule has 0 radical (unpaired) electrons. The maximum absolute atomic E-state index is 5.57. The number of hydrogen-bond donors (Lipinski definition) is 1. The lowest BCUT2D eigenvalue weighted by Gasteiger charge is -2.12. The van der Waals surface area contributed by atoms with Crippen molar-refractivity contribution >= 4 is 0 Å². The summed E-state index contributed by atoms with van der Waals surface area (Å²) in [6.45, 7) is 9.72. The molecule has 0 aromatic carbocycles. The van der Waals surface area contributed by atoms with Crippen LogP contribution in [0.4, 0.5) is 0 Å². The lowest BCUT2D eigenvalue weighted by atomic mass is 10.2. The van der Waals surface area contributed by atoms with Crippen molar-refractivity contribution in [2.45, 2.75) is 40.3 Å². The van der Waals surface area contributed by atoms with Gasteiger partial charge in [-0.25, -0.2) is 0 Å². The summed E-state index contributed by atoms with van der Waals surface area (Å²) in [6, 6.07) is 2.46. The highest BCUT2D eigenvalue weighted by atomic mass is 16.5. The first kappa shape index (κ1) is 12.0. The largest absolute Gasteiger partial charge is 0.493 e. The van der Waals surface area contributed by atoms with Crippen molar-refractivity contribution in [3.05, 3.63) is 23.5 Å². The third kappa shape index (κ3) is 3.88. The quantitative estimate of drug-likeness (QED) is 0.806. The minimum Gasteiger partial charge on any atom is -0.493 e. The second kappa shape index (κ2) is 5.71. The topological polar surface area (TPSA) is 34.1 Å². The fourth-order valence-corrected chi connectivity index (χ4v) is 1.30. The number of aromatic nitrogens is 1. The summed E-state index contributed by atoms with van der Waals surface area (Å²) in [5.74, 6) is 0.943. The standard InChI is InChI=1S/C12H20N2O/c1-5-15-12-6-10(4)14-8-11(12)7-13-9(2)3/h6,8-9,13H,5,7H2,1-4H3. The maximum Gasteiger partial charge on any atom is 0.127 e. The smallest absolute Gasteiger partial charge is 0.127 e. The van der Waals surface area contributed by atoms with E-state index in [-0.39, 0.29) is 0 Å². The molecule has 0 aliphatic carbocycles. The predicted octanol–water partition coefficient (Wildman–Crippen LogP) is 2.29. The lowest BCUT2D eigenvalue weighted by molar-refractivity contribution is 0.334.